The second-order valence-corrected chi connectivity index (χ2v) is 3.96. The van der Waals surface area contributed by atoms with Crippen LogP contribution in [0.1, 0.15) is 10.4 Å². The quantitative estimate of drug-likeness (QED) is 0.432. The van der Waals surface area contributed by atoms with Gasteiger partial charge in [-0.15, -0.1) is 0 Å². The topological polar surface area (TPSA) is 83.8 Å². The van der Waals surface area contributed by atoms with Gasteiger partial charge in [-0.3, -0.25) is 4.79 Å². The molecule has 0 aliphatic rings. The zero-order valence-corrected chi connectivity index (χ0v) is 12.6. The highest BCUT2D eigenvalue weighted by Crippen LogP contribution is 2.18. The Morgan fingerprint density at radius 2 is 1.61 bits per heavy atom. The first-order valence-corrected chi connectivity index (χ1v) is 5.91. The summed E-state index contributed by atoms with van der Waals surface area (Å²) < 4.78 is 28.7. The van der Waals surface area contributed by atoms with Gasteiger partial charge in [-0.1, -0.05) is 6.07 Å². The molecule has 0 aliphatic carbocycles. The van der Waals surface area contributed by atoms with E-state index in [1.165, 1.54) is 18.2 Å². The maximum atomic E-state index is 12.5. The van der Waals surface area contributed by atoms with Crippen LogP contribution >= 0.6 is 0 Å². The van der Waals surface area contributed by atoms with Crippen LogP contribution in [0.15, 0.2) is 42.5 Å². The molecule has 23 heavy (non-hydrogen) atoms. The molecule has 0 fully saturated rings. The van der Waals surface area contributed by atoms with Crippen LogP contribution in [-0.2, 0) is 9.53 Å². The zero-order valence-electron chi connectivity index (χ0n) is 11.8. The molecular formula is C15H12ClF2O5-. The molecular weight excluding hydrogens is 334 g/mol. The largest absolute Gasteiger partial charge is 1.00 e. The number of rotatable bonds is 2. The zero-order chi connectivity index (χ0) is 16.7. The summed E-state index contributed by atoms with van der Waals surface area (Å²) >= 11 is 0. The van der Waals surface area contributed by atoms with E-state index in [0.29, 0.717) is 0 Å². The molecule has 8 heteroatoms. The third kappa shape index (κ3) is 6.31. The highest BCUT2D eigenvalue weighted by atomic mass is 35.5. The van der Waals surface area contributed by atoms with Crippen molar-refractivity contribution in [1.82, 2.24) is 0 Å². The van der Waals surface area contributed by atoms with Crippen molar-refractivity contribution >= 4 is 11.8 Å². The highest BCUT2D eigenvalue weighted by molar-refractivity contribution is 6.41. The predicted molar refractivity (Wildman–Crippen MR) is 72.5 cm³/mol. The van der Waals surface area contributed by atoms with E-state index >= 15 is 0 Å². The Morgan fingerprint density at radius 3 is 2.04 bits per heavy atom. The smallest absolute Gasteiger partial charge is 0.379 e. The summed E-state index contributed by atoms with van der Waals surface area (Å²) in [6, 6.07) is 7.93. The lowest BCUT2D eigenvalue weighted by atomic mass is 10.1. The molecule has 2 rings (SSSR count). The minimum absolute atomic E-state index is 0. The van der Waals surface area contributed by atoms with Crippen molar-refractivity contribution in [3.8, 4) is 11.5 Å². The molecule has 0 aromatic heterocycles. The summed E-state index contributed by atoms with van der Waals surface area (Å²) in [4.78, 5) is 21.9. The van der Waals surface area contributed by atoms with Crippen LogP contribution < -0.4 is 12.4 Å². The molecule has 2 aromatic rings. The number of carbonyl (C=O) groups excluding carboxylic acids is 2. The summed E-state index contributed by atoms with van der Waals surface area (Å²) in [5, 5.41) is 17.7. The second kappa shape index (κ2) is 9.37. The number of methoxy groups -OCH3 is 1. The fraction of sp³-hybridized carbons (Fsp3) is 0.0667. The third-order valence-corrected chi connectivity index (χ3v) is 2.38. The molecule has 0 atom stereocenters. The van der Waals surface area contributed by atoms with Crippen molar-refractivity contribution < 1.29 is 45.7 Å². The normalized spacial score (nSPS) is 9.00. The Bertz CT molecular complexity index is 674. The number of hydrogen-bond donors (Lipinski definition) is 2. The number of esters is 1. The first kappa shape index (κ1) is 20.3. The molecule has 0 unspecified atom stereocenters. The molecule has 2 aromatic carbocycles. The summed E-state index contributed by atoms with van der Waals surface area (Å²) in [7, 11) is 1.04. The van der Waals surface area contributed by atoms with E-state index in [1.807, 2.05) is 0 Å². The number of aromatic hydroxyl groups is 2. The highest BCUT2D eigenvalue weighted by Gasteiger charge is 2.20. The van der Waals surface area contributed by atoms with Crippen molar-refractivity contribution in [2.75, 3.05) is 7.11 Å². The molecule has 0 amide bonds. The van der Waals surface area contributed by atoms with Crippen LogP contribution in [0.2, 0.25) is 0 Å². The molecule has 0 aliphatic heterocycles. The lowest BCUT2D eigenvalue weighted by molar-refractivity contribution is -0.135. The number of halogens is 3. The van der Waals surface area contributed by atoms with Crippen LogP contribution in [0.25, 0.3) is 0 Å². The van der Waals surface area contributed by atoms with Crippen molar-refractivity contribution in [1.29, 1.82) is 0 Å². The van der Waals surface area contributed by atoms with Crippen molar-refractivity contribution in [2.24, 2.45) is 0 Å². The van der Waals surface area contributed by atoms with E-state index in [-0.39, 0.29) is 23.7 Å². The summed E-state index contributed by atoms with van der Waals surface area (Å²) in [5.41, 5.74) is -0.279. The molecule has 0 bridgehead atoms. The molecule has 5 nitrogen and oxygen atoms in total. The van der Waals surface area contributed by atoms with Gasteiger partial charge in [0, 0.05) is 12.1 Å². The number of phenols is 2. The predicted octanol–water partition coefficient (Wildman–Crippen LogP) is -0.578. The molecule has 0 saturated carbocycles. The van der Waals surface area contributed by atoms with E-state index < -0.39 is 29.1 Å². The van der Waals surface area contributed by atoms with Crippen LogP contribution in [-0.4, -0.2) is 29.1 Å². The molecule has 0 saturated heterocycles. The SMILES string of the molecule is COC(=O)C(=O)c1ccc(F)cc1O.Oc1cccc(F)c1.[Cl-]. The molecule has 0 radical (unpaired) electrons. The Hall–Kier alpha value is -2.67. The van der Waals surface area contributed by atoms with Crippen LogP contribution in [0.3, 0.4) is 0 Å². The average Bonchev–Trinajstić information content (AvgIpc) is 2.46. The van der Waals surface area contributed by atoms with Crippen LogP contribution in [0.5, 0.6) is 11.5 Å². The minimum atomic E-state index is -1.10. The van der Waals surface area contributed by atoms with Gasteiger partial charge in [0.15, 0.2) is 0 Å². The number of benzene rings is 2. The molecule has 124 valence electrons. The van der Waals surface area contributed by atoms with Gasteiger partial charge in [-0.2, -0.15) is 0 Å². The number of hydrogen-bond acceptors (Lipinski definition) is 5. The maximum absolute atomic E-state index is 12.5. The summed E-state index contributed by atoms with van der Waals surface area (Å²) in [6.07, 6.45) is 0. The third-order valence-electron chi connectivity index (χ3n) is 2.38. The van der Waals surface area contributed by atoms with Gasteiger partial charge in [0.1, 0.15) is 23.1 Å². The summed E-state index contributed by atoms with van der Waals surface area (Å²) in [6.45, 7) is 0. The van der Waals surface area contributed by atoms with Gasteiger partial charge >= 0.3 is 5.97 Å². The number of phenolic OH excluding ortho intramolecular Hbond substituents is 2. The number of ketones is 1. The minimum Gasteiger partial charge on any atom is -1.00 e. The standard InChI is InChI=1S/C9H7FO4.C6H5FO.ClH/c1-14-9(13)8(12)6-3-2-5(10)4-7(6)11;7-5-2-1-3-6(8)4-5;/h2-4,11H,1H3;1-4,8H;1H/p-1. The van der Waals surface area contributed by atoms with Crippen molar-refractivity contribution in [3.63, 3.8) is 0 Å². The fourth-order valence-corrected chi connectivity index (χ4v) is 1.38. The van der Waals surface area contributed by atoms with Gasteiger partial charge in [0.25, 0.3) is 5.78 Å². The second-order valence-electron chi connectivity index (χ2n) is 3.96. The maximum Gasteiger partial charge on any atom is 0.379 e. The van der Waals surface area contributed by atoms with E-state index in [9.17, 15) is 18.4 Å². The van der Waals surface area contributed by atoms with Gasteiger partial charge in [0.05, 0.1) is 12.7 Å². The van der Waals surface area contributed by atoms with E-state index in [0.717, 1.165) is 31.4 Å². The Morgan fingerprint density at radius 1 is 1.00 bits per heavy atom. The monoisotopic (exact) mass is 345 g/mol. The number of ether oxygens (including phenoxy) is 1. The van der Waals surface area contributed by atoms with Gasteiger partial charge in [-0.25, -0.2) is 13.6 Å². The molecule has 0 spiro atoms. The fourth-order valence-electron chi connectivity index (χ4n) is 1.38. The van der Waals surface area contributed by atoms with E-state index in [4.69, 9.17) is 10.2 Å². The van der Waals surface area contributed by atoms with Crippen molar-refractivity contribution in [3.05, 3.63) is 59.7 Å². The van der Waals surface area contributed by atoms with Gasteiger partial charge in [-0.05, 0) is 24.3 Å². The molecule has 2 N–H and O–H groups in total. The van der Waals surface area contributed by atoms with Crippen molar-refractivity contribution in [2.45, 2.75) is 0 Å². The first-order valence-electron chi connectivity index (χ1n) is 5.91. The van der Waals surface area contributed by atoms with E-state index in [1.54, 1.807) is 0 Å². The Balaban J connectivity index is 0.000000460. The Labute approximate surface area is 136 Å². The average molecular weight is 346 g/mol. The first-order chi connectivity index (χ1) is 10.3. The van der Waals surface area contributed by atoms with Crippen LogP contribution in [0, 0.1) is 11.6 Å². The number of Topliss-reactive ketones (excluding diaryl/α,β-unsaturated/α-hetero) is 1. The van der Waals surface area contributed by atoms with Gasteiger partial charge < -0.3 is 27.4 Å². The van der Waals surface area contributed by atoms with Crippen LogP contribution in [0.4, 0.5) is 8.78 Å². The van der Waals surface area contributed by atoms with Gasteiger partial charge in [0.2, 0.25) is 0 Å². The Kier molecular flexibility index (Phi) is 8.28. The van der Waals surface area contributed by atoms with E-state index in [2.05, 4.69) is 4.74 Å². The number of carbonyl (C=O) groups is 2. The molecule has 0 heterocycles. The lowest BCUT2D eigenvalue weighted by Gasteiger charge is -2.01. The lowest BCUT2D eigenvalue weighted by Crippen LogP contribution is -3.00. The summed E-state index contributed by atoms with van der Waals surface area (Å²) in [5.74, 6) is -3.84.